The molecule has 0 bridgehead atoms. The predicted octanol–water partition coefficient (Wildman–Crippen LogP) is 3.25. The minimum absolute atomic E-state index is 0.353. The molecule has 3 rings (SSSR count). The van der Waals surface area contributed by atoms with E-state index < -0.39 is 24.5 Å². The molecule has 1 unspecified atom stereocenters. The van der Waals surface area contributed by atoms with Crippen LogP contribution >= 0.6 is 0 Å². The summed E-state index contributed by atoms with van der Waals surface area (Å²) in [5.74, 6) is -0.360. The van der Waals surface area contributed by atoms with Gasteiger partial charge in [-0.25, -0.2) is 4.79 Å². The summed E-state index contributed by atoms with van der Waals surface area (Å²) in [4.78, 5) is 26.5. The van der Waals surface area contributed by atoms with Gasteiger partial charge in [-0.1, -0.05) is 60.7 Å². The number of urea groups is 1. The quantitative estimate of drug-likeness (QED) is 0.602. The standard InChI is InChI=1S/C21H24N2O4/c1-3-26-15(2)27-19-18(17-12-8-5-9-13-17)23(20(19)24)21(25)22-14-16-10-6-4-7-11-16/h4-13,15,18-19H,3,14H2,1-2H3,(H,22,25)/t15?,18-,19+/m0/s1. The first-order chi connectivity index (χ1) is 13.1. The number of rotatable bonds is 7. The van der Waals surface area contributed by atoms with Gasteiger partial charge >= 0.3 is 6.03 Å². The van der Waals surface area contributed by atoms with Crippen molar-refractivity contribution >= 4 is 11.9 Å². The Morgan fingerprint density at radius 3 is 2.37 bits per heavy atom. The van der Waals surface area contributed by atoms with E-state index in [2.05, 4.69) is 5.32 Å². The summed E-state index contributed by atoms with van der Waals surface area (Å²) in [5.41, 5.74) is 1.81. The lowest BCUT2D eigenvalue weighted by atomic mass is 9.91. The fourth-order valence-electron chi connectivity index (χ4n) is 3.13. The number of nitrogens with one attached hydrogen (secondary N) is 1. The minimum Gasteiger partial charge on any atom is -0.353 e. The zero-order valence-electron chi connectivity index (χ0n) is 15.5. The number of β-lactam (4-membered cyclic amide) rings is 1. The molecule has 3 atom stereocenters. The summed E-state index contributed by atoms with van der Waals surface area (Å²) >= 11 is 0. The zero-order valence-corrected chi connectivity index (χ0v) is 15.5. The third-order valence-electron chi connectivity index (χ3n) is 4.43. The molecule has 6 heteroatoms. The molecule has 2 aromatic rings. The van der Waals surface area contributed by atoms with E-state index in [1.54, 1.807) is 6.92 Å². The van der Waals surface area contributed by atoms with Crippen molar-refractivity contribution in [3.8, 4) is 0 Å². The Labute approximate surface area is 159 Å². The highest BCUT2D eigenvalue weighted by Crippen LogP contribution is 2.37. The number of hydrogen-bond donors (Lipinski definition) is 1. The molecule has 2 aromatic carbocycles. The maximum absolute atomic E-state index is 12.7. The van der Waals surface area contributed by atoms with Gasteiger partial charge in [0, 0.05) is 13.2 Å². The van der Waals surface area contributed by atoms with Crippen LogP contribution in [0.1, 0.15) is 31.0 Å². The molecule has 0 radical (unpaired) electrons. The summed E-state index contributed by atoms with van der Waals surface area (Å²) < 4.78 is 11.1. The van der Waals surface area contributed by atoms with Gasteiger partial charge in [0.05, 0.1) is 0 Å². The Balaban J connectivity index is 1.72. The summed E-state index contributed by atoms with van der Waals surface area (Å²) in [7, 11) is 0. The molecule has 3 amide bonds. The Kier molecular flexibility index (Phi) is 6.21. The molecule has 0 saturated carbocycles. The van der Waals surface area contributed by atoms with E-state index in [4.69, 9.17) is 9.47 Å². The van der Waals surface area contributed by atoms with Crippen LogP contribution in [0.2, 0.25) is 0 Å². The first-order valence-electron chi connectivity index (χ1n) is 9.08. The van der Waals surface area contributed by atoms with Gasteiger partial charge in [-0.2, -0.15) is 0 Å². The van der Waals surface area contributed by atoms with Gasteiger partial charge in [-0.05, 0) is 25.0 Å². The molecular weight excluding hydrogens is 344 g/mol. The van der Waals surface area contributed by atoms with Gasteiger partial charge in [0.25, 0.3) is 5.91 Å². The summed E-state index contributed by atoms with van der Waals surface area (Å²) in [6.45, 7) is 4.45. The average molecular weight is 368 g/mol. The Morgan fingerprint density at radius 1 is 1.11 bits per heavy atom. The van der Waals surface area contributed by atoms with Crippen LogP contribution in [0.4, 0.5) is 4.79 Å². The topological polar surface area (TPSA) is 67.9 Å². The van der Waals surface area contributed by atoms with E-state index in [0.29, 0.717) is 13.2 Å². The van der Waals surface area contributed by atoms with Crippen LogP contribution in [-0.2, 0) is 20.8 Å². The molecule has 1 aliphatic heterocycles. The van der Waals surface area contributed by atoms with Gasteiger partial charge in [0.15, 0.2) is 12.4 Å². The summed E-state index contributed by atoms with van der Waals surface area (Å²) in [5, 5.41) is 2.81. The second-order valence-corrected chi connectivity index (χ2v) is 6.29. The number of hydrogen-bond acceptors (Lipinski definition) is 4. The Morgan fingerprint density at radius 2 is 1.74 bits per heavy atom. The molecule has 0 aromatic heterocycles. The van der Waals surface area contributed by atoms with Crippen LogP contribution in [0.25, 0.3) is 0 Å². The number of ether oxygens (including phenoxy) is 2. The van der Waals surface area contributed by atoms with Crippen molar-refractivity contribution in [3.05, 3.63) is 71.8 Å². The number of imide groups is 1. The molecule has 1 N–H and O–H groups in total. The normalized spacial score (nSPS) is 20.1. The molecule has 1 fully saturated rings. The maximum atomic E-state index is 12.7. The summed E-state index contributed by atoms with van der Waals surface area (Å²) in [6, 6.07) is 18.1. The second kappa shape index (κ2) is 8.79. The molecule has 142 valence electrons. The van der Waals surface area contributed by atoms with Crippen molar-refractivity contribution in [2.24, 2.45) is 0 Å². The fourth-order valence-corrected chi connectivity index (χ4v) is 3.13. The number of carbonyl (C=O) groups is 2. The summed E-state index contributed by atoms with van der Waals surface area (Å²) in [6.07, 6.45) is -1.26. The van der Waals surface area contributed by atoms with Crippen LogP contribution in [0.3, 0.4) is 0 Å². The maximum Gasteiger partial charge on any atom is 0.325 e. The first kappa shape index (κ1) is 19.1. The molecule has 6 nitrogen and oxygen atoms in total. The molecule has 1 aliphatic rings. The lowest BCUT2D eigenvalue weighted by Gasteiger charge is -2.45. The van der Waals surface area contributed by atoms with Crippen molar-refractivity contribution in [2.45, 2.75) is 38.8 Å². The Bertz CT molecular complexity index is 766. The van der Waals surface area contributed by atoms with Crippen molar-refractivity contribution in [1.29, 1.82) is 0 Å². The van der Waals surface area contributed by atoms with Gasteiger partial charge in [-0.15, -0.1) is 0 Å². The van der Waals surface area contributed by atoms with Gasteiger partial charge in [0.1, 0.15) is 6.04 Å². The number of carbonyl (C=O) groups excluding carboxylic acids is 2. The predicted molar refractivity (Wildman–Crippen MR) is 101 cm³/mol. The van der Waals surface area contributed by atoms with E-state index >= 15 is 0 Å². The SMILES string of the molecule is CCOC(C)O[C@H]1C(=O)N(C(=O)NCc2ccccc2)[C@H]1c1ccccc1. The molecule has 0 spiro atoms. The number of nitrogens with zero attached hydrogens (tertiary/aromatic N) is 1. The molecule has 1 heterocycles. The third-order valence-corrected chi connectivity index (χ3v) is 4.43. The highest BCUT2D eigenvalue weighted by molar-refractivity contribution is 6.03. The van der Waals surface area contributed by atoms with Crippen LogP contribution in [0, 0.1) is 0 Å². The first-order valence-corrected chi connectivity index (χ1v) is 9.08. The monoisotopic (exact) mass is 368 g/mol. The van der Waals surface area contributed by atoms with E-state index in [0.717, 1.165) is 11.1 Å². The average Bonchev–Trinajstić information content (AvgIpc) is 2.70. The van der Waals surface area contributed by atoms with E-state index in [1.165, 1.54) is 4.90 Å². The van der Waals surface area contributed by atoms with Crippen LogP contribution < -0.4 is 5.32 Å². The van der Waals surface area contributed by atoms with Crippen molar-refractivity contribution in [1.82, 2.24) is 10.2 Å². The second-order valence-electron chi connectivity index (χ2n) is 6.29. The van der Waals surface area contributed by atoms with Crippen LogP contribution in [0.5, 0.6) is 0 Å². The lowest BCUT2D eigenvalue weighted by molar-refractivity contribution is -0.208. The molecule has 1 saturated heterocycles. The molecule has 0 aliphatic carbocycles. The van der Waals surface area contributed by atoms with E-state index in [-0.39, 0.29) is 5.91 Å². The van der Waals surface area contributed by atoms with Crippen LogP contribution in [-0.4, -0.2) is 35.8 Å². The van der Waals surface area contributed by atoms with Gasteiger partial charge < -0.3 is 14.8 Å². The fraction of sp³-hybridized carbons (Fsp3) is 0.333. The molecule has 27 heavy (non-hydrogen) atoms. The highest BCUT2D eigenvalue weighted by Gasteiger charge is 2.53. The Hall–Kier alpha value is -2.70. The lowest BCUT2D eigenvalue weighted by Crippen LogP contribution is -2.64. The highest BCUT2D eigenvalue weighted by atomic mass is 16.7. The number of amides is 3. The van der Waals surface area contributed by atoms with Crippen molar-refractivity contribution in [3.63, 3.8) is 0 Å². The van der Waals surface area contributed by atoms with Gasteiger partial charge in [-0.3, -0.25) is 9.69 Å². The van der Waals surface area contributed by atoms with Crippen molar-refractivity contribution < 1.29 is 19.1 Å². The van der Waals surface area contributed by atoms with Crippen molar-refractivity contribution in [2.75, 3.05) is 6.61 Å². The van der Waals surface area contributed by atoms with E-state index in [9.17, 15) is 9.59 Å². The van der Waals surface area contributed by atoms with Gasteiger partial charge in [0.2, 0.25) is 0 Å². The number of benzene rings is 2. The molecular formula is C21H24N2O4. The smallest absolute Gasteiger partial charge is 0.325 e. The number of likely N-dealkylation sites (tertiary alicyclic amines) is 1. The minimum atomic E-state index is -0.739. The zero-order chi connectivity index (χ0) is 19.2. The largest absolute Gasteiger partial charge is 0.353 e. The van der Waals surface area contributed by atoms with E-state index in [1.807, 2.05) is 67.6 Å². The third kappa shape index (κ3) is 4.35. The van der Waals surface area contributed by atoms with Crippen LogP contribution in [0.15, 0.2) is 60.7 Å².